The Labute approximate surface area is 149 Å². The van der Waals surface area contributed by atoms with E-state index in [-0.39, 0.29) is 29.4 Å². The van der Waals surface area contributed by atoms with E-state index in [0.29, 0.717) is 12.1 Å². The van der Waals surface area contributed by atoms with Crippen molar-refractivity contribution in [1.82, 2.24) is 0 Å². The molecule has 10 heteroatoms. The molecule has 2 N–H and O–H groups in total. The van der Waals surface area contributed by atoms with E-state index in [9.17, 15) is 31.1 Å². The van der Waals surface area contributed by atoms with E-state index in [2.05, 4.69) is 10.6 Å². The average Bonchev–Trinajstić information content (AvgIpc) is 2.56. The molecule has 0 saturated heterocycles. The molecule has 0 atom stereocenters. The minimum atomic E-state index is -4.60. The summed E-state index contributed by atoms with van der Waals surface area (Å²) in [5.41, 5.74) is -1.57. The van der Waals surface area contributed by atoms with Crippen LogP contribution in [0.25, 0.3) is 0 Å². The molecule has 0 aliphatic carbocycles. The highest BCUT2D eigenvalue weighted by atomic mass is 35.5. The van der Waals surface area contributed by atoms with Gasteiger partial charge in [0, 0.05) is 13.0 Å². The topological polar surface area (TPSA) is 41.1 Å². The highest BCUT2D eigenvalue weighted by Gasteiger charge is 2.31. The van der Waals surface area contributed by atoms with E-state index in [1.54, 1.807) is 0 Å². The van der Waals surface area contributed by atoms with Crippen molar-refractivity contribution in [2.24, 2.45) is 0 Å². The monoisotopic (exact) mass is 396 g/mol. The summed E-state index contributed by atoms with van der Waals surface area (Å²) in [6.07, 6.45) is -4.89. The number of nitrogens with one attached hydrogen (secondary N) is 2. The maximum atomic E-state index is 13.4. The van der Waals surface area contributed by atoms with Crippen LogP contribution in [-0.4, -0.2) is 12.5 Å². The summed E-state index contributed by atoms with van der Waals surface area (Å²) in [7, 11) is 0. The number of carbonyl (C=O) groups is 1. The van der Waals surface area contributed by atoms with Crippen LogP contribution in [0.2, 0.25) is 5.02 Å². The van der Waals surface area contributed by atoms with Crippen LogP contribution >= 0.6 is 11.6 Å². The number of amides is 1. The van der Waals surface area contributed by atoms with Gasteiger partial charge in [-0.3, -0.25) is 4.79 Å². The smallest absolute Gasteiger partial charge is 0.382 e. The second kappa shape index (κ2) is 7.86. The molecule has 0 fully saturated rings. The molecule has 2 aromatic rings. The first-order valence-corrected chi connectivity index (χ1v) is 7.51. The van der Waals surface area contributed by atoms with Crippen LogP contribution in [0.5, 0.6) is 0 Å². The molecular weight excluding hydrogens is 386 g/mol. The highest BCUT2D eigenvalue weighted by molar-refractivity contribution is 6.33. The second-order valence-corrected chi connectivity index (χ2v) is 5.55. The molecule has 0 spiro atoms. The molecule has 26 heavy (non-hydrogen) atoms. The molecule has 3 nitrogen and oxygen atoms in total. The third-order valence-corrected chi connectivity index (χ3v) is 3.60. The summed E-state index contributed by atoms with van der Waals surface area (Å²) in [4.78, 5) is 11.8. The summed E-state index contributed by atoms with van der Waals surface area (Å²) in [5, 5.41) is 4.51. The number of benzene rings is 2. The molecule has 0 bridgehead atoms. The molecule has 2 aromatic carbocycles. The van der Waals surface area contributed by atoms with E-state index in [0.717, 1.165) is 18.2 Å². The van der Waals surface area contributed by atoms with Crippen molar-refractivity contribution in [3.05, 3.63) is 58.4 Å². The molecule has 140 valence electrons. The predicted molar refractivity (Wildman–Crippen MR) is 84.5 cm³/mol. The Morgan fingerprint density at radius 2 is 1.69 bits per heavy atom. The molecule has 1 amide bonds. The van der Waals surface area contributed by atoms with Gasteiger partial charge >= 0.3 is 6.18 Å². The van der Waals surface area contributed by atoms with Gasteiger partial charge in [-0.15, -0.1) is 0 Å². The van der Waals surface area contributed by atoms with Gasteiger partial charge in [0.1, 0.15) is 0 Å². The first-order chi connectivity index (χ1) is 12.1. The van der Waals surface area contributed by atoms with Gasteiger partial charge < -0.3 is 10.6 Å². The zero-order chi connectivity index (χ0) is 19.5. The van der Waals surface area contributed by atoms with Gasteiger partial charge in [-0.2, -0.15) is 13.2 Å². The van der Waals surface area contributed by atoms with Crippen LogP contribution in [0.1, 0.15) is 12.0 Å². The normalized spacial score (nSPS) is 11.3. The molecule has 0 radical (unpaired) electrons. The van der Waals surface area contributed by atoms with Crippen LogP contribution in [0.15, 0.2) is 30.3 Å². The molecular formula is C16H11ClF6N2O. The van der Waals surface area contributed by atoms with Crippen molar-refractivity contribution in [2.45, 2.75) is 12.6 Å². The molecule has 2 rings (SSSR count). The molecule has 0 saturated carbocycles. The van der Waals surface area contributed by atoms with Crippen molar-refractivity contribution in [2.75, 3.05) is 17.2 Å². The van der Waals surface area contributed by atoms with Gasteiger partial charge in [0.05, 0.1) is 22.0 Å². The van der Waals surface area contributed by atoms with E-state index in [1.807, 2.05) is 0 Å². The molecule has 0 aliphatic heterocycles. The number of halogens is 7. The summed E-state index contributed by atoms with van der Waals surface area (Å²) in [6.45, 7) is -0.176. The maximum Gasteiger partial charge on any atom is 0.416 e. The fourth-order valence-corrected chi connectivity index (χ4v) is 2.15. The highest BCUT2D eigenvalue weighted by Crippen LogP contribution is 2.33. The van der Waals surface area contributed by atoms with Crippen LogP contribution < -0.4 is 10.6 Å². The summed E-state index contributed by atoms with van der Waals surface area (Å²) in [5.74, 6) is -5.16. The van der Waals surface area contributed by atoms with Crippen LogP contribution in [0, 0.1) is 17.5 Å². The van der Waals surface area contributed by atoms with Crippen molar-refractivity contribution in [1.29, 1.82) is 0 Å². The van der Waals surface area contributed by atoms with Crippen molar-refractivity contribution in [3.63, 3.8) is 0 Å². The van der Waals surface area contributed by atoms with Crippen molar-refractivity contribution in [3.8, 4) is 0 Å². The second-order valence-electron chi connectivity index (χ2n) is 5.14. The maximum absolute atomic E-state index is 13.4. The Balaban J connectivity index is 1.97. The van der Waals surface area contributed by atoms with Crippen LogP contribution in [0.4, 0.5) is 37.7 Å². The number of rotatable bonds is 5. The van der Waals surface area contributed by atoms with Gasteiger partial charge in [-0.1, -0.05) is 11.6 Å². The lowest BCUT2D eigenvalue weighted by atomic mass is 10.2. The van der Waals surface area contributed by atoms with Crippen molar-refractivity contribution >= 4 is 28.9 Å². The van der Waals surface area contributed by atoms with E-state index < -0.39 is 35.1 Å². The minimum absolute atomic E-state index is 0.0917. The number of carbonyl (C=O) groups excluding carboxylic acids is 1. The number of alkyl halides is 3. The molecule has 0 unspecified atom stereocenters. The quantitative estimate of drug-likeness (QED) is 0.537. The Morgan fingerprint density at radius 1 is 1.00 bits per heavy atom. The first-order valence-electron chi connectivity index (χ1n) is 7.13. The van der Waals surface area contributed by atoms with Crippen LogP contribution in [0.3, 0.4) is 0 Å². The number of anilines is 2. The van der Waals surface area contributed by atoms with E-state index in [1.165, 1.54) is 0 Å². The average molecular weight is 397 g/mol. The Morgan fingerprint density at radius 3 is 2.35 bits per heavy atom. The lowest BCUT2D eigenvalue weighted by molar-refractivity contribution is -0.137. The molecule has 0 heterocycles. The largest absolute Gasteiger partial charge is 0.416 e. The van der Waals surface area contributed by atoms with Crippen LogP contribution in [-0.2, 0) is 11.0 Å². The lowest BCUT2D eigenvalue weighted by Crippen LogP contribution is -2.17. The lowest BCUT2D eigenvalue weighted by Gasteiger charge is -2.12. The minimum Gasteiger partial charge on any atom is -0.382 e. The first kappa shape index (κ1) is 19.9. The third-order valence-electron chi connectivity index (χ3n) is 3.27. The standard InChI is InChI=1S/C16H11ClF6N2O/c17-9-2-1-8(16(21,22)23)7-12(9)25-13(26)5-6-24-11-4-3-10(18)14(19)15(11)20/h1-4,7,24H,5-6H2,(H,25,26). The number of hydrogen-bond donors (Lipinski definition) is 2. The number of hydrogen-bond acceptors (Lipinski definition) is 2. The predicted octanol–water partition coefficient (Wildman–Crippen LogP) is 5.22. The zero-order valence-electron chi connectivity index (χ0n) is 12.9. The van der Waals surface area contributed by atoms with E-state index in [4.69, 9.17) is 11.6 Å². The summed E-state index contributed by atoms with van der Waals surface area (Å²) in [6, 6.07) is 4.11. The van der Waals surface area contributed by atoms with Gasteiger partial charge in [0.25, 0.3) is 0 Å². The summed E-state index contributed by atoms with van der Waals surface area (Å²) < 4.78 is 77.3. The molecule has 0 aromatic heterocycles. The molecule has 0 aliphatic rings. The van der Waals surface area contributed by atoms with Gasteiger partial charge in [-0.25, -0.2) is 13.2 Å². The van der Waals surface area contributed by atoms with Crippen molar-refractivity contribution < 1.29 is 31.1 Å². The Bertz CT molecular complexity index is 825. The Kier molecular flexibility index (Phi) is 6.01. The summed E-state index contributed by atoms with van der Waals surface area (Å²) >= 11 is 5.75. The Hall–Kier alpha value is -2.42. The fourth-order valence-electron chi connectivity index (χ4n) is 1.98. The SMILES string of the molecule is O=C(CCNc1ccc(F)c(F)c1F)Nc1cc(C(F)(F)F)ccc1Cl. The van der Waals surface area contributed by atoms with Gasteiger partial charge in [0.2, 0.25) is 5.91 Å². The van der Waals surface area contributed by atoms with Gasteiger partial charge in [0.15, 0.2) is 17.5 Å². The van der Waals surface area contributed by atoms with Gasteiger partial charge in [-0.05, 0) is 30.3 Å². The zero-order valence-corrected chi connectivity index (χ0v) is 13.6. The van der Waals surface area contributed by atoms with E-state index >= 15 is 0 Å². The fraction of sp³-hybridized carbons (Fsp3) is 0.188. The third kappa shape index (κ3) is 4.81.